The number of carbonyl (C=O) groups is 1. The van der Waals surface area contributed by atoms with E-state index >= 15 is 0 Å². The Kier molecular flexibility index (Phi) is 7.94. The Hall–Kier alpha value is -3.01. The van der Waals surface area contributed by atoms with Gasteiger partial charge in [-0.3, -0.25) is 9.69 Å². The van der Waals surface area contributed by atoms with Crippen molar-refractivity contribution in [3.05, 3.63) is 24.0 Å². The molecule has 31 heavy (non-hydrogen) atoms. The highest BCUT2D eigenvalue weighted by Gasteiger charge is 2.23. The van der Waals surface area contributed by atoms with Crippen LogP contribution in [0.5, 0.6) is 5.75 Å². The van der Waals surface area contributed by atoms with E-state index in [4.69, 9.17) is 4.74 Å². The summed E-state index contributed by atoms with van der Waals surface area (Å²) in [6.45, 7) is 6.90. The summed E-state index contributed by atoms with van der Waals surface area (Å²) in [6, 6.07) is 4.92. The number of carbonyl (C=O) groups excluding carboxylic acids is 1. The Balaban J connectivity index is 1.77. The van der Waals surface area contributed by atoms with E-state index in [0.29, 0.717) is 30.6 Å². The second-order valence-electron chi connectivity index (χ2n) is 7.33. The predicted molar refractivity (Wildman–Crippen MR) is 119 cm³/mol. The van der Waals surface area contributed by atoms with Gasteiger partial charge in [0, 0.05) is 30.8 Å². The zero-order valence-corrected chi connectivity index (χ0v) is 18.2. The van der Waals surface area contributed by atoms with Crippen LogP contribution in [0.15, 0.2) is 18.2 Å². The van der Waals surface area contributed by atoms with Gasteiger partial charge in [-0.15, -0.1) is 0 Å². The van der Waals surface area contributed by atoms with Gasteiger partial charge in [-0.05, 0) is 38.1 Å². The molecule has 1 aromatic carbocycles. The molecule has 0 aliphatic carbocycles. The molecule has 1 atom stereocenters. The second-order valence-corrected chi connectivity index (χ2v) is 7.33. The second kappa shape index (κ2) is 10.9. The molecule has 2 heterocycles. The number of ketones is 1. The molecule has 3 N–H and O–H groups in total. The predicted octanol–water partition coefficient (Wildman–Crippen LogP) is 3.05. The van der Waals surface area contributed by atoms with Gasteiger partial charge in [0.25, 0.3) is 0 Å². The lowest BCUT2D eigenvalue weighted by molar-refractivity contribution is -0.117. The van der Waals surface area contributed by atoms with Crippen LogP contribution >= 0.6 is 0 Å². The maximum atomic E-state index is 14.0. The standard InChI is InChI=1S/C21H30FN7O2/c1-4-16(30)13-24-20-26-19(23-12-15-7-6-10-29(15)5-2)27-21(28-20)25-14-8-9-18(31-3)17(22)11-14/h8-9,11,15H,4-7,10,12-13H2,1-3H3,(H3,23,24,25,26,27,28). The summed E-state index contributed by atoms with van der Waals surface area (Å²) in [5.74, 6) is 0.614. The van der Waals surface area contributed by atoms with Gasteiger partial charge in [-0.1, -0.05) is 13.8 Å². The highest BCUT2D eigenvalue weighted by Crippen LogP contribution is 2.23. The molecule has 168 valence electrons. The Labute approximate surface area is 181 Å². The van der Waals surface area contributed by atoms with Crippen LogP contribution in [-0.4, -0.2) is 65.0 Å². The van der Waals surface area contributed by atoms with Crippen molar-refractivity contribution >= 4 is 29.3 Å². The van der Waals surface area contributed by atoms with E-state index in [9.17, 15) is 9.18 Å². The molecule has 0 amide bonds. The Morgan fingerprint density at radius 2 is 1.94 bits per heavy atom. The number of methoxy groups -OCH3 is 1. The smallest absolute Gasteiger partial charge is 0.233 e. The molecule has 10 heteroatoms. The lowest BCUT2D eigenvalue weighted by Gasteiger charge is -2.23. The van der Waals surface area contributed by atoms with E-state index in [-0.39, 0.29) is 30.0 Å². The molecule has 1 aliphatic rings. The van der Waals surface area contributed by atoms with Crippen molar-refractivity contribution in [2.45, 2.75) is 39.2 Å². The molecule has 1 aromatic heterocycles. The number of halogens is 1. The molecule has 1 unspecified atom stereocenters. The maximum absolute atomic E-state index is 14.0. The SMILES string of the molecule is CCC(=O)CNc1nc(NCC2CCCN2CC)nc(Nc2ccc(OC)c(F)c2)n1. The molecule has 0 radical (unpaired) electrons. The highest BCUT2D eigenvalue weighted by molar-refractivity contribution is 5.82. The first-order chi connectivity index (χ1) is 15.0. The van der Waals surface area contributed by atoms with Crippen molar-refractivity contribution in [1.29, 1.82) is 0 Å². The number of likely N-dealkylation sites (N-methyl/N-ethyl adjacent to an activating group) is 1. The van der Waals surface area contributed by atoms with Crippen LogP contribution in [0.1, 0.15) is 33.1 Å². The van der Waals surface area contributed by atoms with Gasteiger partial charge in [0.05, 0.1) is 13.7 Å². The summed E-state index contributed by atoms with van der Waals surface area (Å²) < 4.78 is 19.0. The summed E-state index contributed by atoms with van der Waals surface area (Å²) in [5, 5.41) is 9.22. The van der Waals surface area contributed by atoms with Crippen molar-refractivity contribution in [1.82, 2.24) is 19.9 Å². The van der Waals surface area contributed by atoms with Gasteiger partial charge in [0.15, 0.2) is 17.3 Å². The van der Waals surface area contributed by atoms with E-state index in [0.717, 1.165) is 19.5 Å². The summed E-state index contributed by atoms with van der Waals surface area (Å²) in [6.07, 6.45) is 2.73. The molecule has 2 aromatic rings. The first-order valence-corrected chi connectivity index (χ1v) is 10.6. The normalized spacial score (nSPS) is 16.2. The topological polar surface area (TPSA) is 104 Å². The first-order valence-electron chi connectivity index (χ1n) is 10.6. The number of ether oxygens (including phenoxy) is 1. The molecule has 0 bridgehead atoms. The third kappa shape index (κ3) is 6.24. The van der Waals surface area contributed by atoms with Crippen molar-refractivity contribution in [3.8, 4) is 5.75 Å². The van der Waals surface area contributed by atoms with Gasteiger partial charge in [-0.25, -0.2) is 4.39 Å². The number of anilines is 4. The summed E-state index contributed by atoms with van der Waals surface area (Å²) in [4.78, 5) is 27.2. The van der Waals surface area contributed by atoms with Crippen molar-refractivity contribution in [3.63, 3.8) is 0 Å². The fraction of sp³-hybridized carbons (Fsp3) is 0.524. The Bertz CT molecular complexity index is 896. The monoisotopic (exact) mass is 431 g/mol. The van der Waals surface area contributed by atoms with Crippen LogP contribution in [0.25, 0.3) is 0 Å². The Morgan fingerprint density at radius 1 is 1.19 bits per heavy atom. The van der Waals surface area contributed by atoms with Gasteiger partial charge in [0.1, 0.15) is 0 Å². The molecule has 1 saturated heterocycles. The zero-order valence-electron chi connectivity index (χ0n) is 18.2. The number of Topliss-reactive ketones (excluding diaryl/α,β-unsaturated/α-hetero) is 1. The van der Waals surface area contributed by atoms with Gasteiger partial charge in [-0.2, -0.15) is 15.0 Å². The van der Waals surface area contributed by atoms with E-state index in [1.165, 1.54) is 25.7 Å². The quantitative estimate of drug-likeness (QED) is 0.495. The minimum atomic E-state index is -0.493. The molecular formula is C21H30FN7O2. The zero-order chi connectivity index (χ0) is 22.2. The molecule has 0 spiro atoms. The van der Waals surface area contributed by atoms with Crippen molar-refractivity contribution in [2.24, 2.45) is 0 Å². The summed E-state index contributed by atoms with van der Waals surface area (Å²) >= 11 is 0. The van der Waals surface area contributed by atoms with Crippen LogP contribution in [0.4, 0.5) is 27.9 Å². The number of nitrogens with zero attached hydrogens (tertiary/aromatic N) is 4. The average molecular weight is 432 g/mol. The van der Waals surface area contributed by atoms with Crippen molar-refractivity contribution < 1.29 is 13.9 Å². The lowest BCUT2D eigenvalue weighted by atomic mass is 10.2. The van der Waals surface area contributed by atoms with Gasteiger partial charge in [0.2, 0.25) is 17.8 Å². The van der Waals surface area contributed by atoms with E-state index in [1.807, 2.05) is 0 Å². The fourth-order valence-electron chi connectivity index (χ4n) is 3.52. The van der Waals surface area contributed by atoms with Gasteiger partial charge < -0.3 is 20.7 Å². The minimum Gasteiger partial charge on any atom is -0.494 e. The molecule has 3 rings (SSSR count). The van der Waals surface area contributed by atoms with Crippen LogP contribution in [0.3, 0.4) is 0 Å². The molecular weight excluding hydrogens is 401 g/mol. The first kappa shape index (κ1) is 22.7. The van der Waals surface area contributed by atoms with Crippen LogP contribution < -0.4 is 20.7 Å². The highest BCUT2D eigenvalue weighted by atomic mass is 19.1. The van der Waals surface area contributed by atoms with E-state index in [2.05, 4.69) is 42.7 Å². The Morgan fingerprint density at radius 3 is 2.61 bits per heavy atom. The van der Waals surface area contributed by atoms with Crippen LogP contribution in [0.2, 0.25) is 0 Å². The fourth-order valence-corrected chi connectivity index (χ4v) is 3.52. The summed E-state index contributed by atoms with van der Waals surface area (Å²) in [5.41, 5.74) is 0.471. The van der Waals surface area contributed by atoms with E-state index < -0.39 is 5.82 Å². The van der Waals surface area contributed by atoms with E-state index in [1.54, 1.807) is 13.0 Å². The number of nitrogens with one attached hydrogen (secondary N) is 3. The largest absolute Gasteiger partial charge is 0.494 e. The third-order valence-corrected chi connectivity index (χ3v) is 5.28. The molecule has 9 nitrogen and oxygen atoms in total. The number of rotatable bonds is 11. The molecule has 1 fully saturated rings. The number of likely N-dealkylation sites (tertiary alicyclic amines) is 1. The van der Waals surface area contributed by atoms with Crippen molar-refractivity contribution in [2.75, 3.05) is 49.2 Å². The molecule has 1 aliphatic heterocycles. The maximum Gasteiger partial charge on any atom is 0.233 e. The van der Waals surface area contributed by atoms with Crippen LogP contribution in [-0.2, 0) is 4.79 Å². The molecule has 0 saturated carbocycles. The summed E-state index contributed by atoms with van der Waals surface area (Å²) in [7, 11) is 1.41. The third-order valence-electron chi connectivity index (χ3n) is 5.28. The van der Waals surface area contributed by atoms with Gasteiger partial charge >= 0.3 is 0 Å². The number of hydrogen-bond donors (Lipinski definition) is 3. The average Bonchev–Trinajstić information content (AvgIpc) is 3.23. The number of hydrogen-bond acceptors (Lipinski definition) is 9. The minimum absolute atomic E-state index is 0.0474. The lowest BCUT2D eigenvalue weighted by Crippen LogP contribution is -2.35. The number of aromatic nitrogens is 3. The van der Waals surface area contributed by atoms with Crippen LogP contribution in [0, 0.1) is 5.82 Å². The number of benzene rings is 1.